The van der Waals surface area contributed by atoms with E-state index in [0.717, 1.165) is 17.6 Å². The van der Waals surface area contributed by atoms with Crippen LogP contribution in [0.4, 0.5) is 0 Å². The van der Waals surface area contributed by atoms with Gasteiger partial charge in [0.15, 0.2) is 0 Å². The first kappa shape index (κ1) is 14.8. The second kappa shape index (κ2) is 6.23. The van der Waals surface area contributed by atoms with Gasteiger partial charge in [-0.15, -0.1) is 0 Å². The number of nitriles is 1. The van der Waals surface area contributed by atoms with Crippen LogP contribution in [-0.2, 0) is 0 Å². The molecule has 0 aliphatic heterocycles. The van der Waals surface area contributed by atoms with Crippen LogP contribution in [0, 0.1) is 18.3 Å². The summed E-state index contributed by atoms with van der Waals surface area (Å²) in [6.45, 7) is 6.20. The van der Waals surface area contributed by atoms with Crippen molar-refractivity contribution in [2.75, 3.05) is 0 Å². The van der Waals surface area contributed by atoms with E-state index in [1.165, 1.54) is 11.6 Å². The van der Waals surface area contributed by atoms with Gasteiger partial charge in [0.2, 0.25) is 0 Å². The highest BCUT2D eigenvalue weighted by atomic mass is 16.5. The molecule has 0 N–H and O–H groups in total. The average Bonchev–Trinajstić information content (AvgIpc) is 2.49. The molecule has 0 aliphatic carbocycles. The van der Waals surface area contributed by atoms with E-state index in [9.17, 15) is 10.1 Å². The molecule has 21 heavy (non-hydrogen) atoms. The molecule has 0 unspecified atom stereocenters. The fraction of sp³-hybridized carbons (Fsp3) is 0.222. The van der Waals surface area contributed by atoms with Crippen LogP contribution in [0.5, 0.6) is 11.5 Å². The van der Waals surface area contributed by atoms with Crippen LogP contribution < -0.4 is 4.74 Å². The van der Waals surface area contributed by atoms with E-state index in [1.54, 1.807) is 12.1 Å². The van der Waals surface area contributed by atoms with Crippen molar-refractivity contribution in [3.05, 3.63) is 58.7 Å². The van der Waals surface area contributed by atoms with Crippen LogP contribution in [0.15, 0.2) is 36.4 Å². The van der Waals surface area contributed by atoms with E-state index in [-0.39, 0.29) is 0 Å². The van der Waals surface area contributed by atoms with E-state index >= 15 is 0 Å². The average molecular weight is 279 g/mol. The number of nitrogens with zero attached hydrogens (tertiary/aromatic N) is 1. The van der Waals surface area contributed by atoms with Gasteiger partial charge in [-0.3, -0.25) is 4.79 Å². The summed E-state index contributed by atoms with van der Waals surface area (Å²) in [7, 11) is 0. The van der Waals surface area contributed by atoms with Gasteiger partial charge < -0.3 is 4.74 Å². The lowest BCUT2D eigenvalue weighted by Gasteiger charge is -2.13. The van der Waals surface area contributed by atoms with Crippen molar-refractivity contribution in [1.29, 1.82) is 5.26 Å². The minimum atomic E-state index is 0.356. The van der Waals surface area contributed by atoms with Crippen molar-refractivity contribution in [2.24, 2.45) is 0 Å². The maximum absolute atomic E-state index is 10.8. The highest BCUT2D eigenvalue weighted by Crippen LogP contribution is 2.30. The first-order valence-corrected chi connectivity index (χ1v) is 6.83. The van der Waals surface area contributed by atoms with Gasteiger partial charge in [0.1, 0.15) is 23.9 Å². The molecule has 0 aliphatic rings. The molecular formula is C18H17NO2. The lowest BCUT2D eigenvalue weighted by atomic mass is 10.0. The van der Waals surface area contributed by atoms with Gasteiger partial charge in [-0.1, -0.05) is 26.0 Å². The molecule has 0 radical (unpaired) electrons. The second-order valence-electron chi connectivity index (χ2n) is 5.27. The third-order valence-corrected chi connectivity index (χ3v) is 3.36. The smallest absolute Gasteiger partial charge is 0.150 e. The molecule has 2 aromatic carbocycles. The number of aldehydes is 1. The predicted molar refractivity (Wildman–Crippen MR) is 81.9 cm³/mol. The number of benzene rings is 2. The van der Waals surface area contributed by atoms with Gasteiger partial charge in [-0.05, 0) is 48.2 Å². The van der Waals surface area contributed by atoms with Gasteiger partial charge in [0, 0.05) is 5.56 Å². The zero-order valence-electron chi connectivity index (χ0n) is 12.4. The standard InChI is InChI=1S/C18H17NO2/c1-12(2)15-6-4-13(3)18(9-15)21-17-7-5-14(11-20)8-16(17)10-19/h4-9,11-12H,1-3H3. The molecule has 2 rings (SSSR count). The highest BCUT2D eigenvalue weighted by Gasteiger charge is 2.09. The number of aryl methyl sites for hydroxylation is 1. The first-order chi connectivity index (χ1) is 10.0. The molecule has 0 atom stereocenters. The first-order valence-electron chi connectivity index (χ1n) is 6.83. The Balaban J connectivity index is 2.40. The summed E-state index contributed by atoms with van der Waals surface area (Å²) >= 11 is 0. The van der Waals surface area contributed by atoms with E-state index in [4.69, 9.17) is 4.74 Å². The third-order valence-electron chi connectivity index (χ3n) is 3.36. The van der Waals surface area contributed by atoms with Crippen molar-refractivity contribution in [3.63, 3.8) is 0 Å². The minimum absolute atomic E-state index is 0.356. The van der Waals surface area contributed by atoms with E-state index in [2.05, 4.69) is 26.0 Å². The summed E-state index contributed by atoms with van der Waals surface area (Å²) < 4.78 is 5.88. The molecule has 106 valence electrons. The number of ether oxygens (including phenoxy) is 1. The van der Waals surface area contributed by atoms with Crippen LogP contribution in [0.2, 0.25) is 0 Å². The number of hydrogen-bond donors (Lipinski definition) is 0. The van der Waals surface area contributed by atoms with Crippen molar-refractivity contribution in [3.8, 4) is 17.6 Å². The van der Waals surface area contributed by atoms with Gasteiger partial charge in [-0.25, -0.2) is 0 Å². The van der Waals surface area contributed by atoms with Crippen LogP contribution in [0.25, 0.3) is 0 Å². The molecule has 0 fully saturated rings. The molecule has 0 saturated carbocycles. The van der Waals surface area contributed by atoms with Crippen LogP contribution in [-0.4, -0.2) is 6.29 Å². The van der Waals surface area contributed by atoms with E-state index < -0.39 is 0 Å². The van der Waals surface area contributed by atoms with Crippen LogP contribution in [0.1, 0.15) is 46.8 Å². The molecule has 0 heterocycles. The van der Waals surface area contributed by atoms with E-state index in [1.807, 2.05) is 19.1 Å². The summed E-state index contributed by atoms with van der Waals surface area (Å²) in [5.74, 6) is 1.60. The monoisotopic (exact) mass is 279 g/mol. The Morgan fingerprint density at radius 1 is 1.14 bits per heavy atom. The number of hydrogen-bond acceptors (Lipinski definition) is 3. The largest absolute Gasteiger partial charge is 0.456 e. The second-order valence-corrected chi connectivity index (χ2v) is 5.27. The fourth-order valence-electron chi connectivity index (χ4n) is 2.00. The van der Waals surface area contributed by atoms with Crippen molar-refractivity contribution >= 4 is 6.29 Å². The summed E-state index contributed by atoms with van der Waals surface area (Å²) in [5.41, 5.74) is 3.00. The lowest BCUT2D eigenvalue weighted by Crippen LogP contribution is -1.95. The summed E-state index contributed by atoms with van der Waals surface area (Å²) in [6, 6.07) is 13.0. The Labute approximate surface area is 124 Å². The van der Waals surface area contributed by atoms with Gasteiger partial charge in [0.05, 0.1) is 5.56 Å². The Morgan fingerprint density at radius 2 is 1.90 bits per heavy atom. The molecule has 0 saturated heterocycles. The summed E-state index contributed by atoms with van der Waals surface area (Å²) in [6.07, 6.45) is 0.718. The quantitative estimate of drug-likeness (QED) is 0.769. The molecule has 0 bridgehead atoms. The van der Waals surface area contributed by atoms with Gasteiger partial charge in [0.25, 0.3) is 0 Å². The maximum atomic E-state index is 10.8. The lowest BCUT2D eigenvalue weighted by molar-refractivity contribution is 0.112. The molecule has 2 aromatic rings. The number of rotatable bonds is 4. The molecule has 3 heteroatoms. The van der Waals surface area contributed by atoms with Crippen LogP contribution in [0.3, 0.4) is 0 Å². The molecule has 0 amide bonds. The summed E-state index contributed by atoms with van der Waals surface area (Å²) in [4.78, 5) is 10.8. The Kier molecular flexibility index (Phi) is 4.39. The normalized spacial score (nSPS) is 10.2. The molecular weight excluding hydrogens is 262 g/mol. The number of carbonyl (C=O) groups excluding carboxylic acids is 1. The zero-order chi connectivity index (χ0) is 15.4. The highest BCUT2D eigenvalue weighted by molar-refractivity contribution is 5.76. The molecule has 0 spiro atoms. The fourth-order valence-corrected chi connectivity index (χ4v) is 2.00. The third kappa shape index (κ3) is 3.29. The Hall–Kier alpha value is -2.60. The van der Waals surface area contributed by atoms with Gasteiger partial charge >= 0.3 is 0 Å². The van der Waals surface area contributed by atoms with Crippen molar-refractivity contribution < 1.29 is 9.53 Å². The molecule has 3 nitrogen and oxygen atoms in total. The molecule has 0 aromatic heterocycles. The minimum Gasteiger partial charge on any atom is -0.456 e. The van der Waals surface area contributed by atoms with Crippen molar-refractivity contribution in [2.45, 2.75) is 26.7 Å². The summed E-state index contributed by atoms with van der Waals surface area (Å²) in [5, 5.41) is 9.18. The SMILES string of the molecule is Cc1ccc(C(C)C)cc1Oc1ccc(C=O)cc1C#N. The number of carbonyl (C=O) groups is 1. The Morgan fingerprint density at radius 3 is 2.52 bits per heavy atom. The van der Waals surface area contributed by atoms with E-state index in [0.29, 0.717) is 22.8 Å². The maximum Gasteiger partial charge on any atom is 0.150 e. The topological polar surface area (TPSA) is 50.1 Å². The Bertz CT molecular complexity index is 712. The predicted octanol–water partition coefficient (Wildman–Crippen LogP) is 4.59. The van der Waals surface area contributed by atoms with Crippen molar-refractivity contribution in [1.82, 2.24) is 0 Å². The van der Waals surface area contributed by atoms with Crippen LogP contribution >= 0.6 is 0 Å². The van der Waals surface area contributed by atoms with Gasteiger partial charge in [-0.2, -0.15) is 5.26 Å². The zero-order valence-corrected chi connectivity index (χ0v) is 12.4.